The topological polar surface area (TPSA) is 52.2 Å². The van der Waals surface area contributed by atoms with Crippen LogP contribution in [0.15, 0.2) is 34.3 Å². The zero-order valence-corrected chi connectivity index (χ0v) is 7.89. The maximum absolute atomic E-state index is 11.2. The normalized spacial score (nSPS) is 12.3. The minimum Gasteiger partial charge on any atom is -0.416 e. The van der Waals surface area contributed by atoms with E-state index in [0.717, 1.165) is 6.29 Å². The third-order valence-electron chi connectivity index (χ3n) is 2.05. The van der Waals surface area contributed by atoms with Crippen molar-refractivity contribution in [1.29, 1.82) is 0 Å². The lowest BCUT2D eigenvalue weighted by molar-refractivity contribution is -0.108. The fourth-order valence-corrected chi connectivity index (χ4v) is 1.37. The van der Waals surface area contributed by atoms with E-state index in [-0.39, 0.29) is 11.8 Å². The summed E-state index contributed by atoms with van der Waals surface area (Å²) in [5.41, 5.74) is 0. The molecule has 4 heteroatoms. The number of rotatable bonds is 6. The summed E-state index contributed by atoms with van der Waals surface area (Å²) >= 11 is 0. The molecule has 0 aliphatic carbocycles. The van der Waals surface area contributed by atoms with Gasteiger partial charge in [-0.3, -0.25) is 4.57 Å². The lowest BCUT2D eigenvalue weighted by atomic mass is 10.1. The number of carbonyl (C=O) groups excluding carboxylic acids is 1. The molecule has 0 saturated heterocycles. The van der Waals surface area contributed by atoms with Gasteiger partial charge in [-0.25, -0.2) is 4.79 Å². The Hall–Kier alpha value is -1.58. The van der Waals surface area contributed by atoms with Crippen LogP contribution in [0, 0.1) is 0 Å². The highest BCUT2D eigenvalue weighted by Crippen LogP contribution is 2.15. The molecule has 1 atom stereocenters. The number of hydrogen-bond donors (Lipinski definition) is 0. The monoisotopic (exact) mass is 195 g/mol. The van der Waals surface area contributed by atoms with Crippen molar-refractivity contribution in [3.05, 3.63) is 35.7 Å². The quantitative estimate of drug-likeness (QED) is 0.511. The molecule has 0 aliphatic heterocycles. The molecule has 1 aromatic heterocycles. The van der Waals surface area contributed by atoms with Gasteiger partial charge in [0.15, 0.2) is 0 Å². The molecule has 0 fully saturated rings. The van der Waals surface area contributed by atoms with E-state index in [0.29, 0.717) is 19.3 Å². The second-order valence-electron chi connectivity index (χ2n) is 3.00. The van der Waals surface area contributed by atoms with Crippen LogP contribution in [-0.4, -0.2) is 10.9 Å². The number of hydrogen-bond acceptors (Lipinski definition) is 3. The molecule has 0 bridgehead atoms. The summed E-state index contributed by atoms with van der Waals surface area (Å²) in [6.07, 6.45) is 7.25. The lowest BCUT2D eigenvalue weighted by Gasteiger charge is -2.12. The molecule has 0 radical (unpaired) electrons. The molecule has 0 unspecified atom stereocenters. The summed E-state index contributed by atoms with van der Waals surface area (Å²) in [4.78, 5) is 21.4. The maximum atomic E-state index is 11.2. The third-order valence-corrected chi connectivity index (χ3v) is 2.05. The van der Waals surface area contributed by atoms with Crippen molar-refractivity contribution in [1.82, 2.24) is 4.57 Å². The smallest absolute Gasteiger partial charge is 0.416 e. The molecule has 0 amide bonds. The van der Waals surface area contributed by atoms with Gasteiger partial charge in [-0.2, -0.15) is 0 Å². The van der Waals surface area contributed by atoms with Crippen molar-refractivity contribution in [2.75, 3.05) is 0 Å². The first kappa shape index (κ1) is 10.5. The Morgan fingerprint density at radius 1 is 1.64 bits per heavy atom. The van der Waals surface area contributed by atoms with Gasteiger partial charge in [0.1, 0.15) is 12.5 Å². The maximum Gasteiger partial charge on any atom is 0.419 e. The molecule has 14 heavy (non-hydrogen) atoms. The predicted octanol–water partition coefficient (Wildman–Crippen LogP) is 1.54. The van der Waals surface area contributed by atoms with Gasteiger partial charge >= 0.3 is 5.76 Å². The largest absolute Gasteiger partial charge is 0.419 e. The summed E-state index contributed by atoms with van der Waals surface area (Å²) in [5.74, 6) is -0.386. The molecular formula is C10H13NO3. The fraction of sp³-hybridized carbons (Fsp3) is 0.400. The first-order chi connectivity index (χ1) is 6.79. The Labute approximate surface area is 81.8 Å². The minimum absolute atomic E-state index is 0.0241. The van der Waals surface area contributed by atoms with E-state index < -0.39 is 0 Å². The van der Waals surface area contributed by atoms with Gasteiger partial charge in [-0.15, -0.1) is 6.58 Å². The average Bonchev–Trinajstić information content (AvgIpc) is 2.59. The number of carbonyl (C=O) groups is 1. The fourth-order valence-electron chi connectivity index (χ4n) is 1.37. The van der Waals surface area contributed by atoms with E-state index in [1.165, 1.54) is 10.8 Å². The summed E-state index contributed by atoms with van der Waals surface area (Å²) < 4.78 is 6.15. The third kappa shape index (κ3) is 2.45. The van der Waals surface area contributed by atoms with Crippen LogP contribution in [0.1, 0.15) is 25.3 Å². The second kappa shape index (κ2) is 5.21. The van der Waals surface area contributed by atoms with Gasteiger partial charge in [-0.05, 0) is 12.8 Å². The van der Waals surface area contributed by atoms with Crippen molar-refractivity contribution < 1.29 is 9.21 Å². The van der Waals surface area contributed by atoms with Gasteiger partial charge in [0.2, 0.25) is 0 Å². The molecule has 0 N–H and O–H groups in total. The Balaban J connectivity index is 2.76. The van der Waals surface area contributed by atoms with Crippen molar-refractivity contribution in [3.8, 4) is 0 Å². The van der Waals surface area contributed by atoms with Crippen LogP contribution in [-0.2, 0) is 4.79 Å². The van der Waals surface area contributed by atoms with Gasteiger partial charge in [0.25, 0.3) is 0 Å². The minimum atomic E-state index is -0.386. The Bertz CT molecular complexity index is 350. The van der Waals surface area contributed by atoms with E-state index in [2.05, 4.69) is 11.0 Å². The number of aromatic nitrogens is 1. The zero-order valence-electron chi connectivity index (χ0n) is 7.89. The van der Waals surface area contributed by atoms with Crippen LogP contribution in [0.3, 0.4) is 0 Å². The van der Waals surface area contributed by atoms with E-state index in [1.807, 2.05) is 0 Å². The standard InChI is InChI=1S/C10H13NO3/c1-2-4-9(5-3-7-12)11-6-8-14-10(11)13/h2,6-9H,1,3-5H2/t9-/m1/s1. The van der Waals surface area contributed by atoms with Gasteiger partial charge < -0.3 is 9.21 Å². The van der Waals surface area contributed by atoms with Gasteiger partial charge in [0.05, 0.1) is 0 Å². The summed E-state index contributed by atoms with van der Waals surface area (Å²) in [6.45, 7) is 3.61. The van der Waals surface area contributed by atoms with E-state index in [9.17, 15) is 9.59 Å². The summed E-state index contributed by atoms with van der Waals surface area (Å²) in [7, 11) is 0. The highest BCUT2D eigenvalue weighted by Gasteiger charge is 2.11. The van der Waals surface area contributed by atoms with E-state index in [4.69, 9.17) is 0 Å². The highest BCUT2D eigenvalue weighted by molar-refractivity contribution is 5.49. The first-order valence-corrected chi connectivity index (χ1v) is 4.49. The average molecular weight is 195 g/mol. The van der Waals surface area contributed by atoms with E-state index in [1.54, 1.807) is 12.3 Å². The van der Waals surface area contributed by atoms with Gasteiger partial charge in [-0.1, -0.05) is 6.08 Å². The van der Waals surface area contributed by atoms with Crippen LogP contribution in [0.2, 0.25) is 0 Å². The molecule has 1 aromatic rings. The Kier molecular flexibility index (Phi) is 3.91. The molecule has 76 valence electrons. The molecule has 0 saturated carbocycles. The number of allylic oxidation sites excluding steroid dienone is 1. The van der Waals surface area contributed by atoms with Crippen molar-refractivity contribution in [2.45, 2.75) is 25.3 Å². The van der Waals surface area contributed by atoms with Crippen LogP contribution in [0.5, 0.6) is 0 Å². The lowest BCUT2D eigenvalue weighted by Crippen LogP contribution is -2.19. The highest BCUT2D eigenvalue weighted by atomic mass is 16.4. The number of aldehydes is 1. The van der Waals surface area contributed by atoms with Crippen molar-refractivity contribution in [3.63, 3.8) is 0 Å². The van der Waals surface area contributed by atoms with Crippen LogP contribution in [0.25, 0.3) is 0 Å². The molecule has 4 nitrogen and oxygen atoms in total. The Morgan fingerprint density at radius 3 is 2.93 bits per heavy atom. The van der Waals surface area contributed by atoms with Crippen molar-refractivity contribution >= 4 is 6.29 Å². The Morgan fingerprint density at radius 2 is 2.43 bits per heavy atom. The molecule has 0 aromatic carbocycles. The predicted molar refractivity (Wildman–Crippen MR) is 52.1 cm³/mol. The van der Waals surface area contributed by atoms with Crippen LogP contribution < -0.4 is 5.76 Å². The summed E-state index contributed by atoms with van der Waals surface area (Å²) in [6, 6.07) is -0.0241. The van der Waals surface area contributed by atoms with Crippen LogP contribution >= 0.6 is 0 Å². The SMILES string of the molecule is C=CC[C@H](CCC=O)n1ccoc1=O. The second-order valence-corrected chi connectivity index (χ2v) is 3.00. The molecule has 1 rings (SSSR count). The molecule has 0 spiro atoms. The summed E-state index contributed by atoms with van der Waals surface area (Å²) in [5, 5.41) is 0. The van der Waals surface area contributed by atoms with Crippen molar-refractivity contribution in [2.24, 2.45) is 0 Å². The van der Waals surface area contributed by atoms with Crippen LogP contribution in [0.4, 0.5) is 0 Å². The number of nitrogens with zero attached hydrogens (tertiary/aromatic N) is 1. The first-order valence-electron chi connectivity index (χ1n) is 4.49. The van der Waals surface area contributed by atoms with Gasteiger partial charge in [0, 0.05) is 18.7 Å². The molecular weight excluding hydrogens is 182 g/mol. The molecule has 1 heterocycles. The zero-order chi connectivity index (χ0) is 10.4. The van der Waals surface area contributed by atoms with E-state index >= 15 is 0 Å². The molecule has 0 aliphatic rings. The number of oxazole rings is 1.